The van der Waals surface area contributed by atoms with Crippen LogP contribution in [0.3, 0.4) is 0 Å². The van der Waals surface area contributed by atoms with E-state index in [0.717, 1.165) is 25.7 Å². The fourth-order valence-corrected chi connectivity index (χ4v) is 2.52. The number of aliphatic hydroxyl groups excluding tert-OH is 1. The second-order valence-corrected chi connectivity index (χ2v) is 5.30. The summed E-state index contributed by atoms with van der Waals surface area (Å²) < 4.78 is 0. The second-order valence-electron chi connectivity index (χ2n) is 5.30. The van der Waals surface area contributed by atoms with Gasteiger partial charge in [-0.2, -0.15) is 0 Å². The van der Waals surface area contributed by atoms with Crippen LogP contribution in [0.2, 0.25) is 0 Å². The molecule has 1 aliphatic rings. The van der Waals surface area contributed by atoms with Gasteiger partial charge < -0.3 is 20.8 Å². The first-order valence-corrected chi connectivity index (χ1v) is 7.15. The van der Waals surface area contributed by atoms with E-state index in [1.54, 1.807) is 12.1 Å². The Kier molecular flexibility index (Phi) is 5.16. The lowest BCUT2D eigenvalue weighted by Gasteiger charge is -2.22. The third-order valence-electron chi connectivity index (χ3n) is 3.66. The van der Waals surface area contributed by atoms with Crippen molar-refractivity contribution in [3.8, 4) is 0 Å². The lowest BCUT2D eigenvalue weighted by molar-refractivity contribution is 0.0697. The number of carbonyl (C=O) groups is 2. The molecule has 2 atom stereocenters. The van der Waals surface area contributed by atoms with Crippen LogP contribution in [0.4, 0.5) is 10.5 Å². The molecule has 0 aliphatic heterocycles. The van der Waals surface area contributed by atoms with Gasteiger partial charge in [0.05, 0.1) is 17.7 Å². The van der Waals surface area contributed by atoms with Crippen LogP contribution < -0.4 is 10.6 Å². The molecule has 6 heteroatoms. The number of rotatable bonds is 3. The predicted molar refractivity (Wildman–Crippen MR) is 78.4 cm³/mol. The summed E-state index contributed by atoms with van der Waals surface area (Å²) in [5.41, 5.74) is 0.526. The van der Waals surface area contributed by atoms with Gasteiger partial charge in [0.15, 0.2) is 0 Å². The number of amides is 2. The molecule has 1 aliphatic carbocycles. The number of carboxylic acid groups (broad SMARTS) is 1. The minimum atomic E-state index is -1.04. The highest BCUT2D eigenvalue weighted by Gasteiger charge is 2.23. The highest BCUT2D eigenvalue weighted by Crippen LogP contribution is 2.18. The minimum Gasteiger partial charge on any atom is -0.478 e. The van der Waals surface area contributed by atoms with Crippen LogP contribution in [-0.2, 0) is 0 Å². The molecular weight excluding hydrogens is 272 g/mol. The molecule has 2 amide bonds. The molecule has 1 saturated carbocycles. The number of carboxylic acids is 1. The summed E-state index contributed by atoms with van der Waals surface area (Å²) in [4.78, 5) is 22.8. The Labute approximate surface area is 123 Å². The Morgan fingerprint density at radius 2 is 1.90 bits per heavy atom. The number of nitrogens with one attached hydrogen (secondary N) is 2. The van der Waals surface area contributed by atoms with Crippen molar-refractivity contribution in [1.82, 2.24) is 5.32 Å². The zero-order valence-corrected chi connectivity index (χ0v) is 11.7. The lowest BCUT2D eigenvalue weighted by Crippen LogP contribution is -2.44. The number of hydrogen-bond donors (Lipinski definition) is 4. The monoisotopic (exact) mass is 292 g/mol. The summed E-state index contributed by atoms with van der Waals surface area (Å²) in [6.45, 7) is 0. The molecule has 4 N–H and O–H groups in total. The summed E-state index contributed by atoms with van der Waals surface area (Å²) in [7, 11) is 0. The van der Waals surface area contributed by atoms with E-state index in [4.69, 9.17) is 5.11 Å². The van der Waals surface area contributed by atoms with E-state index >= 15 is 0 Å². The van der Waals surface area contributed by atoms with Crippen LogP contribution in [0.5, 0.6) is 0 Å². The topological polar surface area (TPSA) is 98.7 Å². The quantitative estimate of drug-likeness (QED) is 0.642. The maximum atomic E-state index is 11.9. The molecule has 2 unspecified atom stereocenters. The van der Waals surface area contributed by atoms with Gasteiger partial charge >= 0.3 is 12.0 Å². The number of carbonyl (C=O) groups excluding carboxylic acids is 1. The summed E-state index contributed by atoms with van der Waals surface area (Å²) in [5, 5.41) is 24.2. The maximum absolute atomic E-state index is 11.9. The van der Waals surface area contributed by atoms with Gasteiger partial charge in [0.2, 0.25) is 0 Å². The molecule has 6 nitrogen and oxygen atoms in total. The first-order valence-electron chi connectivity index (χ1n) is 7.15. The van der Waals surface area contributed by atoms with E-state index in [0.29, 0.717) is 12.1 Å². The third-order valence-corrected chi connectivity index (χ3v) is 3.66. The van der Waals surface area contributed by atoms with E-state index in [2.05, 4.69) is 10.6 Å². The van der Waals surface area contributed by atoms with Crippen LogP contribution in [0.1, 0.15) is 42.5 Å². The van der Waals surface area contributed by atoms with E-state index in [-0.39, 0.29) is 11.6 Å². The van der Waals surface area contributed by atoms with Crippen LogP contribution in [0, 0.1) is 0 Å². The van der Waals surface area contributed by atoms with Crippen molar-refractivity contribution in [2.75, 3.05) is 5.32 Å². The van der Waals surface area contributed by atoms with Gasteiger partial charge in [-0.05, 0) is 31.0 Å². The van der Waals surface area contributed by atoms with Crippen molar-refractivity contribution >= 4 is 17.7 Å². The largest absolute Gasteiger partial charge is 0.478 e. The molecule has 0 saturated heterocycles. The summed E-state index contributed by atoms with van der Waals surface area (Å²) in [5.74, 6) is -1.04. The van der Waals surface area contributed by atoms with Gasteiger partial charge in [-0.3, -0.25) is 0 Å². The summed E-state index contributed by atoms with van der Waals surface area (Å²) in [6, 6.07) is 5.36. The van der Waals surface area contributed by atoms with Crippen molar-refractivity contribution in [2.24, 2.45) is 0 Å². The standard InChI is InChI=1S/C15H20N2O4/c18-13-8-3-1-2-7-12(13)17-15(21)16-11-6-4-5-10(9-11)14(19)20/h4-6,9,12-13,18H,1-3,7-8H2,(H,19,20)(H2,16,17,21). The van der Waals surface area contributed by atoms with Crippen molar-refractivity contribution in [1.29, 1.82) is 0 Å². The zero-order chi connectivity index (χ0) is 15.2. The lowest BCUT2D eigenvalue weighted by atomic mass is 10.1. The Hall–Kier alpha value is -2.08. The molecule has 1 aromatic rings. The van der Waals surface area contributed by atoms with Gasteiger partial charge in [0.1, 0.15) is 0 Å². The van der Waals surface area contributed by atoms with Crippen molar-refractivity contribution in [2.45, 2.75) is 44.2 Å². The minimum absolute atomic E-state index is 0.113. The summed E-state index contributed by atoms with van der Waals surface area (Å²) in [6.07, 6.45) is 3.95. The van der Waals surface area contributed by atoms with Gasteiger partial charge in [0, 0.05) is 5.69 Å². The molecule has 0 spiro atoms. The smallest absolute Gasteiger partial charge is 0.335 e. The number of hydrogen-bond acceptors (Lipinski definition) is 3. The van der Waals surface area contributed by atoms with Gasteiger partial charge in [-0.15, -0.1) is 0 Å². The number of aromatic carboxylic acids is 1. The predicted octanol–water partition coefficient (Wildman–Crippen LogP) is 2.20. The molecule has 0 aromatic heterocycles. The van der Waals surface area contributed by atoms with Gasteiger partial charge in [-0.1, -0.05) is 25.3 Å². The average molecular weight is 292 g/mol. The number of benzene rings is 1. The fourth-order valence-electron chi connectivity index (χ4n) is 2.52. The molecule has 1 fully saturated rings. The first-order chi connectivity index (χ1) is 10.1. The molecule has 1 aromatic carbocycles. The summed E-state index contributed by atoms with van der Waals surface area (Å²) >= 11 is 0. The molecule has 0 bridgehead atoms. The zero-order valence-electron chi connectivity index (χ0n) is 11.7. The average Bonchev–Trinajstić information content (AvgIpc) is 2.64. The first kappa shape index (κ1) is 15.3. The molecule has 114 valence electrons. The molecule has 2 rings (SSSR count). The Morgan fingerprint density at radius 3 is 2.67 bits per heavy atom. The van der Waals surface area contributed by atoms with Crippen molar-refractivity contribution in [3.05, 3.63) is 29.8 Å². The van der Waals surface area contributed by atoms with Gasteiger partial charge in [0.25, 0.3) is 0 Å². The molecule has 0 radical (unpaired) electrons. The highest BCUT2D eigenvalue weighted by atomic mass is 16.4. The molecule has 0 heterocycles. The SMILES string of the molecule is O=C(Nc1cccc(C(=O)O)c1)NC1CCCCCC1O. The van der Waals surface area contributed by atoms with E-state index in [1.165, 1.54) is 12.1 Å². The number of aliphatic hydroxyl groups is 1. The van der Waals surface area contributed by atoms with E-state index < -0.39 is 18.1 Å². The normalized spacial score (nSPS) is 22.1. The molecular formula is C15H20N2O4. The Balaban J connectivity index is 1.94. The van der Waals surface area contributed by atoms with E-state index in [9.17, 15) is 14.7 Å². The second kappa shape index (κ2) is 7.08. The third kappa shape index (κ3) is 4.46. The van der Waals surface area contributed by atoms with E-state index in [1.807, 2.05) is 0 Å². The van der Waals surface area contributed by atoms with Crippen LogP contribution in [-0.4, -0.2) is 34.4 Å². The fraction of sp³-hybridized carbons (Fsp3) is 0.467. The van der Waals surface area contributed by atoms with Crippen LogP contribution in [0.25, 0.3) is 0 Å². The van der Waals surface area contributed by atoms with Crippen LogP contribution in [0.15, 0.2) is 24.3 Å². The van der Waals surface area contributed by atoms with Crippen molar-refractivity contribution in [3.63, 3.8) is 0 Å². The maximum Gasteiger partial charge on any atom is 0.335 e. The van der Waals surface area contributed by atoms with Gasteiger partial charge in [-0.25, -0.2) is 9.59 Å². The molecule has 21 heavy (non-hydrogen) atoms. The number of anilines is 1. The van der Waals surface area contributed by atoms with Crippen LogP contribution >= 0.6 is 0 Å². The highest BCUT2D eigenvalue weighted by molar-refractivity contribution is 5.93. The number of urea groups is 1. The van der Waals surface area contributed by atoms with Crippen molar-refractivity contribution < 1.29 is 19.8 Å². The Bertz CT molecular complexity index is 518. The Morgan fingerprint density at radius 1 is 1.14 bits per heavy atom.